The molecule has 0 unspecified atom stereocenters. The molecule has 3 rings (SSSR count). The molecule has 3 aromatic carbocycles. The Bertz CT molecular complexity index is 1160. The number of hydrogen-bond donors (Lipinski definition) is 1. The Morgan fingerprint density at radius 3 is 2.18 bits per heavy atom. The third-order valence-electron chi connectivity index (χ3n) is 4.88. The molecule has 0 heterocycles. The van der Waals surface area contributed by atoms with Crippen LogP contribution in [0.15, 0.2) is 76.3 Å². The Morgan fingerprint density at radius 1 is 0.939 bits per heavy atom. The van der Waals surface area contributed by atoms with Crippen molar-refractivity contribution in [1.29, 1.82) is 0 Å². The van der Waals surface area contributed by atoms with Crippen LogP contribution in [0.4, 0.5) is 0 Å². The Labute approximate surface area is 201 Å². The van der Waals surface area contributed by atoms with Gasteiger partial charge in [0.05, 0.1) is 18.9 Å². The van der Waals surface area contributed by atoms with Crippen LogP contribution in [0.25, 0.3) is 0 Å². The maximum atomic E-state index is 12.5. The first-order chi connectivity index (χ1) is 15.7. The predicted octanol–water partition coefficient (Wildman–Crippen LogP) is 5.74. The lowest BCUT2D eigenvalue weighted by Crippen LogP contribution is -2.18. The van der Waals surface area contributed by atoms with Crippen molar-refractivity contribution in [3.05, 3.63) is 93.5 Å². The molecule has 1 N–H and O–H groups in total. The van der Waals surface area contributed by atoms with Crippen molar-refractivity contribution in [2.24, 2.45) is 5.10 Å². The third-order valence-corrected chi connectivity index (χ3v) is 5.38. The van der Waals surface area contributed by atoms with E-state index in [9.17, 15) is 9.59 Å². The maximum Gasteiger partial charge on any atom is 0.343 e. The van der Waals surface area contributed by atoms with Gasteiger partial charge in [0, 0.05) is 15.6 Å². The Balaban J connectivity index is 1.70. The van der Waals surface area contributed by atoms with Crippen molar-refractivity contribution in [2.45, 2.75) is 26.2 Å². The predicted molar refractivity (Wildman–Crippen MR) is 132 cm³/mol. The van der Waals surface area contributed by atoms with Crippen molar-refractivity contribution < 1.29 is 19.1 Å². The highest BCUT2D eigenvalue weighted by atomic mass is 79.9. The first kappa shape index (κ1) is 24.2. The van der Waals surface area contributed by atoms with Gasteiger partial charge in [0.25, 0.3) is 5.91 Å². The number of benzene rings is 3. The van der Waals surface area contributed by atoms with E-state index in [0.717, 1.165) is 10.0 Å². The van der Waals surface area contributed by atoms with Crippen molar-refractivity contribution in [3.8, 4) is 11.5 Å². The Morgan fingerprint density at radius 2 is 1.58 bits per heavy atom. The highest BCUT2D eigenvalue weighted by Crippen LogP contribution is 2.24. The number of ether oxygens (including phenoxy) is 2. The van der Waals surface area contributed by atoms with Gasteiger partial charge in [-0.2, -0.15) is 5.10 Å². The smallest absolute Gasteiger partial charge is 0.343 e. The van der Waals surface area contributed by atoms with E-state index < -0.39 is 5.97 Å². The minimum atomic E-state index is -0.516. The second-order valence-electron chi connectivity index (χ2n) is 8.33. The molecule has 0 aliphatic carbocycles. The molecule has 0 aliphatic rings. The molecule has 6 nitrogen and oxygen atoms in total. The Hall–Kier alpha value is -3.45. The van der Waals surface area contributed by atoms with Gasteiger partial charge in [-0.1, -0.05) is 48.8 Å². The number of hydrogen-bond acceptors (Lipinski definition) is 5. The summed E-state index contributed by atoms with van der Waals surface area (Å²) >= 11 is 3.40. The number of rotatable bonds is 6. The van der Waals surface area contributed by atoms with Crippen molar-refractivity contribution in [2.75, 3.05) is 7.11 Å². The fraction of sp³-hybridized carbons (Fsp3) is 0.192. The molecule has 0 aliphatic heterocycles. The third kappa shape index (κ3) is 6.52. The zero-order chi connectivity index (χ0) is 24.0. The van der Waals surface area contributed by atoms with Gasteiger partial charge in [0.2, 0.25) is 0 Å². The fourth-order valence-corrected chi connectivity index (χ4v) is 3.32. The van der Waals surface area contributed by atoms with E-state index in [1.54, 1.807) is 61.7 Å². The van der Waals surface area contributed by atoms with Crippen LogP contribution >= 0.6 is 15.9 Å². The number of carbonyl (C=O) groups excluding carboxylic acids is 2. The number of halogens is 1. The lowest BCUT2D eigenvalue weighted by atomic mass is 9.87. The largest absolute Gasteiger partial charge is 0.497 e. The summed E-state index contributed by atoms with van der Waals surface area (Å²) in [5, 5.41) is 4.04. The maximum absolute atomic E-state index is 12.5. The van der Waals surface area contributed by atoms with Gasteiger partial charge in [-0.25, -0.2) is 10.2 Å². The number of hydrazone groups is 1. The zero-order valence-electron chi connectivity index (χ0n) is 18.9. The van der Waals surface area contributed by atoms with Crippen molar-refractivity contribution in [3.63, 3.8) is 0 Å². The Kier molecular flexibility index (Phi) is 7.66. The molecular formula is C26H25BrN2O4. The highest BCUT2D eigenvalue weighted by molar-refractivity contribution is 9.10. The molecule has 0 radical (unpaired) electrons. The van der Waals surface area contributed by atoms with Crippen LogP contribution < -0.4 is 14.9 Å². The second-order valence-corrected chi connectivity index (χ2v) is 9.24. The van der Waals surface area contributed by atoms with Gasteiger partial charge in [-0.15, -0.1) is 0 Å². The van der Waals surface area contributed by atoms with Gasteiger partial charge < -0.3 is 9.47 Å². The standard InChI is InChI=1S/C26H25BrN2O4/c1-26(2,3)20-9-5-17(6-10-20)24(30)29-28-16-19-15-21(27)11-14-23(19)33-25(31)18-7-12-22(32-4)13-8-18/h5-16H,1-4H3,(H,29,30)/b28-16+. The van der Waals surface area contributed by atoms with Gasteiger partial charge in [-0.3, -0.25) is 4.79 Å². The van der Waals surface area contributed by atoms with Crippen LogP contribution in [-0.4, -0.2) is 25.2 Å². The number of methoxy groups -OCH3 is 1. The van der Waals surface area contributed by atoms with Crippen LogP contribution in [0.5, 0.6) is 11.5 Å². The van der Waals surface area contributed by atoms with E-state index in [1.807, 2.05) is 12.1 Å². The lowest BCUT2D eigenvalue weighted by molar-refractivity contribution is 0.0734. The van der Waals surface area contributed by atoms with E-state index in [2.05, 4.69) is 47.2 Å². The van der Waals surface area contributed by atoms with Gasteiger partial charge >= 0.3 is 5.97 Å². The number of carbonyl (C=O) groups is 2. The van der Waals surface area contributed by atoms with Crippen molar-refractivity contribution >= 4 is 34.0 Å². The molecule has 0 spiro atoms. The average Bonchev–Trinajstić information content (AvgIpc) is 2.80. The molecule has 7 heteroatoms. The summed E-state index contributed by atoms with van der Waals surface area (Å²) in [5.74, 6) is 0.106. The molecule has 0 saturated heterocycles. The molecule has 33 heavy (non-hydrogen) atoms. The molecule has 1 amide bonds. The van der Waals surface area contributed by atoms with Crippen LogP contribution in [0.1, 0.15) is 52.6 Å². The molecule has 0 fully saturated rings. The number of nitrogens with zero attached hydrogens (tertiary/aromatic N) is 1. The molecule has 0 saturated carbocycles. The quantitative estimate of drug-likeness (QED) is 0.199. The lowest BCUT2D eigenvalue weighted by Gasteiger charge is -2.18. The van der Waals surface area contributed by atoms with E-state index in [0.29, 0.717) is 28.2 Å². The van der Waals surface area contributed by atoms with E-state index in [-0.39, 0.29) is 11.3 Å². The van der Waals surface area contributed by atoms with Gasteiger partial charge in [0.1, 0.15) is 11.5 Å². The second kappa shape index (κ2) is 10.4. The molecule has 0 atom stereocenters. The molecular weight excluding hydrogens is 484 g/mol. The fourth-order valence-electron chi connectivity index (χ4n) is 2.95. The van der Waals surface area contributed by atoms with Crippen LogP contribution in [-0.2, 0) is 5.41 Å². The van der Waals surface area contributed by atoms with Crippen LogP contribution in [0.2, 0.25) is 0 Å². The van der Waals surface area contributed by atoms with E-state index >= 15 is 0 Å². The topological polar surface area (TPSA) is 77.0 Å². The van der Waals surface area contributed by atoms with Crippen LogP contribution in [0.3, 0.4) is 0 Å². The highest BCUT2D eigenvalue weighted by Gasteiger charge is 2.15. The van der Waals surface area contributed by atoms with E-state index in [1.165, 1.54) is 6.21 Å². The summed E-state index contributed by atoms with van der Waals surface area (Å²) in [5.41, 5.74) is 5.06. The molecule has 3 aromatic rings. The summed E-state index contributed by atoms with van der Waals surface area (Å²) in [6, 6.07) is 19.2. The normalized spacial score (nSPS) is 11.3. The van der Waals surface area contributed by atoms with Crippen molar-refractivity contribution in [1.82, 2.24) is 5.43 Å². The molecule has 170 valence electrons. The number of esters is 1. The monoisotopic (exact) mass is 508 g/mol. The number of nitrogens with one attached hydrogen (secondary N) is 1. The first-order valence-corrected chi connectivity index (χ1v) is 11.1. The minimum Gasteiger partial charge on any atom is -0.497 e. The molecule has 0 aromatic heterocycles. The SMILES string of the molecule is COc1ccc(C(=O)Oc2ccc(Br)cc2/C=N/NC(=O)c2ccc(C(C)(C)C)cc2)cc1. The number of amides is 1. The summed E-state index contributed by atoms with van der Waals surface area (Å²) in [7, 11) is 1.56. The average molecular weight is 509 g/mol. The minimum absolute atomic E-state index is 0.00745. The van der Waals surface area contributed by atoms with Gasteiger partial charge in [-0.05, 0) is 65.6 Å². The first-order valence-electron chi connectivity index (χ1n) is 10.3. The summed E-state index contributed by atoms with van der Waals surface area (Å²) in [6.07, 6.45) is 1.43. The summed E-state index contributed by atoms with van der Waals surface area (Å²) in [4.78, 5) is 25.0. The van der Waals surface area contributed by atoms with Gasteiger partial charge in [0.15, 0.2) is 0 Å². The summed E-state index contributed by atoms with van der Waals surface area (Å²) < 4.78 is 11.4. The summed E-state index contributed by atoms with van der Waals surface area (Å²) in [6.45, 7) is 6.34. The van der Waals surface area contributed by atoms with E-state index in [4.69, 9.17) is 9.47 Å². The molecule has 0 bridgehead atoms. The van der Waals surface area contributed by atoms with Crippen LogP contribution in [0, 0.1) is 0 Å². The zero-order valence-corrected chi connectivity index (χ0v) is 20.5.